The van der Waals surface area contributed by atoms with Crippen molar-refractivity contribution in [3.8, 4) is 0 Å². The van der Waals surface area contributed by atoms with Crippen LogP contribution in [-0.2, 0) is 19.8 Å². The van der Waals surface area contributed by atoms with Gasteiger partial charge in [-0.1, -0.05) is 6.07 Å². The molecule has 0 amide bonds. The van der Waals surface area contributed by atoms with Crippen molar-refractivity contribution in [2.24, 2.45) is 12.8 Å². The maximum absolute atomic E-state index is 12.6. The van der Waals surface area contributed by atoms with E-state index in [9.17, 15) is 13.2 Å². The number of alkyl halides is 3. The molecule has 0 saturated carbocycles. The summed E-state index contributed by atoms with van der Waals surface area (Å²) >= 11 is 0. The van der Waals surface area contributed by atoms with E-state index in [0.717, 1.165) is 16.2 Å². The molecule has 0 atom stereocenters. The van der Waals surface area contributed by atoms with E-state index in [1.165, 1.54) is 7.05 Å². The first-order chi connectivity index (χ1) is 7.43. The Bertz CT molecular complexity index is 526. The Hall–Kier alpha value is -1.49. The summed E-state index contributed by atoms with van der Waals surface area (Å²) in [6.07, 6.45) is -4.32. The van der Waals surface area contributed by atoms with E-state index in [1.54, 1.807) is 18.2 Å². The predicted octanol–water partition coefficient (Wildman–Crippen LogP) is 2.66. The fraction of sp³-hybridized carbons (Fsp3) is 0.273. The summed E-state index contributed by atoms with van der Waals surface area (Å²) in [5.74, 6) is 0. The lowest BCUT2D eigenvalue weighted by atomic mass is 10.1. The molecule has 0 unspecified atom stereocenters. The first-order valence-electron chi connectivity index (χ1n) is 4.79. The molecule has 0 saturated heterocycles. The van der Waals surface area contributed by atoms with Crippen LogP contribution in [0.1, 0.15) is 11.3 Å². The van der Waals surface area contributed by atoms with Crippen LogP contribution < -0.4 is 5.73 Å². The minimum atomic E-state index is -4.32. The monoisotopic (exact) mass is 228 g/mol. The number of hydrogen-bond acceptors (Lipinski definition) is 1. The third kappa shape index (κ3) is 1.67. The van der Waals surface area contributed by atoms with Crippen LogP contribution in [0, 0.1) is 0 Å². The molecular weight excluding hydrogens is 217 g/mol. The molecule has 0 aliphatic carbocycles. The van der Waals surface area contributed by atoms with Crippen molar-refractivity contribution >= 4 is 10.9 Å². The van der Waals surface area contributed by atoms with Crippen LogP contribution in [0.2, 0.25) is 0 Å². The van der Waals surface area contributed by atoms with E-state index in [4.69, 9.17) is 5.73 Å². The highest BCUT2D eigenvalue weighted by Crippen LogP contribution is 2.33. The van der Waals surface area contributed by atoms with Gasteiger partial charge in [-0.15, -0.1) is 0 Å². The van der Waals surface area contributed by atoms with Crippen LogP contribution in [0.25, 0.3) is 10.9 Å². The normalized spacial score (nSPS) is 12.3. The van der Waals surface area contributed by atoms with Gasteiger partial charge in [0, 0.05) is 24.5 Å². The first kappa shape index (κ1) is 11.0. The van der Waals surface area contributed by atoms with Crippen molar-refractivity contribution in [2.45, 2.75) is 12.7 Å². The summed E-state index contributed by atoms with van der Waals surface area (Å²) in [6, 6.07) is 6.23. The molecule has 0 radical (unpaired) electrons. The van der Waals surface area contributed by atoms with E-state index in [2.05, 4.69) is 0 Å². The molecule has 86 valence electrons. The van der Waals surface area contributed by atoms with Crippen LogP contribution in [0.5, 0.6) is 0 Å². The zero-order valence-corrected chi connectivity index (χ0v) is 8.67. The van der Waals surface area contributed by atoms with E-state index >= 15 is 0 Å². The maximum atomic E-state index is 12.6. The van der Waals surface area contributed by atoms with Crippen LogP contribution in [0.3, 0.4) is 0 Å². The molecule has 1 aromatic carbocycles. The Balaban J connectivity index is 2.68. The highest BCUT2D eigenvalue weighted by Gasteiger charge is 2.34. The smallest absolute Gasteiger partial charge is 0.340 e. The summed E-state index contributed by atoms with van der Waals surface area (Å²) in [5.41, 5.74) is 6.19. The molecule has 2 nitrogen and oxygen atoms in total. The molecule has 2 aromatic rings. The molecular formula is C11H11F3N2. The van der Waals surface area contributed by atoms with Crippen LogP contribution in [0.4, 0.5) is 13.2 Å². The Morgan fingerprint density at radius 1 is 1.25 bits per heavy atom. The lowest BCUT2D eigenvalue weighted by Gasteiger charge is -2.07. The van der Waals surface area contributed by atoms with Gasteiger partial charge in [0.05, 0.1) is 0 Å². The van der Waals surface area contributed by atoms with Crippen molar-refractivity contribution in [3.63, 3.8) is 0 Å². The Kier molecular flexibility index (Phi) is 2.42. The number of aryl methyl sites for hydroxylation is 1. The molecule has 0 aliphatic rings. The molecule has 0 fully saturated rings. The number of aromatic nitrogens is 1. The van der Waals surface area contributed by atoms with Crippen LogP contribution in [0.15, 0.2) is 24.3 Å². The summed E-state index contributed by atoms with van der Waals surface area (Å²) < 4.78 is 39.0. The molecule has 0 bridgehead atoms. The number of fused-ring (bicyclic) bond motifs is 1. The average molecular weight is 228 g/mol. The average Bonchev–Trinajstić information content (AvgIpc) is 2.55. The lowest BCUT2D eigenvalue weighted by Crippen LogP contribution is -2.10. The van der Waals surface area contributed by atoms with Gasteiger partial charge >= 0.3 is 6.18 Å². The van der Waals surface area contributed by atoms with E-state index in [0.29, 0.717) is 17.4 Å². The first-order valence-corrected chi connectivity index (χ1v) is 4.79. The second-order valence-electron chi connectivity index (χ2n) is 3.68. The predicted molar refractivity (Wildman–Crippen MR) is 55.8 cm³/mol. The summed E-state index contributed by atoms with van der Waals surface area (Å²) in [7, 11) is 1.41. The third-order valence-corrected chi connectivity index (χ3v) is 2.63. The van der Waals surface area contributed by atoms with Gasteiger partial charge in [0.1, 0.15) is 5.69 Å². The van der Waals surface area contributed by atoms with Gasteiger partial charge in [0.2, 0.25) is 0 Å². The summed E-state index contributed by atoms with van der Waals surface area (Å²) in [5, 5.41) is 0.567. The van der Waals surface area contributed by atoms with Gasteiger partial charge in [0.25, 0.3) is 0 Å². The van der Waals surface area contributed by atoms with Gasteiger partial charge in [-0.3, -0.25) is 0 Å². The Labute approximate surface area is 90.5 Å². The van der Waals surface area contributed by atoms with E-state index < -0.39 is 11.9 Å². The van der Waals surface area contributed by atoms with Gasteiger partial charge in [-0.2, -0.15) is 13.2 Å². The van der Waals surface area contributed by atoms with Crippen molar-refractivity contribution in [3.05, 3.63) is 35.5 Å². The summed E-state index contributed by atoms with van der Waals surface area (Å²) in [6.45, 7) is 0.326. The van der Waals surface area contributed by atoms with E-state index in [1.807, 2.05) is 0 Å². The highest BCUT2D eigenvalue weighted by atomic mass is 19.4. The minimum absolute atomic E-state index is 0.326. The number of rotatable bonds is 1. The molecule has 0 spiro atoms. The van der Waals surface area contributed by atoms with Crippen molar-refractivity contribution in [2.75, 3.05) is 0 Å². The molecule has 5 heteroatoms. The van der Waals surface area contributed by atoms with Gasteiger partial charge < -0.3 is 10.3 Å². The number of halogens is 3. The van der Waals surface area contributed by atoms with Crippen LogP contribution in [-0.4, -0.2) is 4.57 Å². The molecule has 2 rings (SSSR count). The molecule has 2 N–H and O–H groups in total. The Morgan fingerprint density at radius 2 is 1.94 bits per heavy atom. The fourth-order valence-electron chi connectivity index (χ4n) is 1.80. The lowest BCUT2D eigenvalue weighted by molar-refractivity contribution is -0.142. The fourth-order valence-corrected chi connectivity index (χ4v) is 1.80. The topological polar surface area (TPSA) is 30.9 Å². The van der Waals surface area contributed by atoms with Crippen molar-refractivity contribution in [1.29, 1.82) is 0 Å². The Morgan fingerprint density at radius 3 is 2.50 bits per heavy atom. The zero-order chi connectivity index (χ0) is 11.9. The molecule has 1 aromatic heterocycles. The number of nitrogens with zero attached hydrogens (tertiary/aromatic N) is 1. The second-order valence-corrected chi connectivity index (χ2v) is 3.68. The molecule has 0 aliphatic heterocycles. The van der Waals surface area contributed by atoms with Crippen LogP contribution >= 0.6 is 0 Å². The molecule has 1 heterocycles. The van der Waals surface area contributed by atoms with Crippen molar-refractivity contribution in [1.82, 2.24) is 4.57 Å². The van der Waals surface area contributed by atoms with Crippen molar-refractivity contribution < 1.29 is 13.2 Å². The minimum Gasteiger partial charge on any atom is -0.340 e. The third-order valence-electron chi connectivity index (χ3n) is 2.63. The largest absolute Gasteiger partial charge is 0.431 e. The number of hydrogen-bond donors (Lipinski definition) is 1. The summed E-state index contributed by atoms with van der Waals surface area (Å²) in [4.78, 5) is 0. The molecule has 16 heavy (non-hydrogen) atoms. The standard InChI is InChI=1S/C11H11F3N2/c1-16-9-3-2-7(6-15)4-8(9)5-10(16)11(12,13)14/h2-5H,6,15H2,1H3. The maximum Gasteiger partial charge on any atom is 0.431 e. The van der Waals surface area contributed by atoms with Gasteiger partial charge in [-0.25, -0.2) is 0 Å². The highest BCUT2D eigenvalue weighted by molar-refractivity contribution is 5.82. The number of nitrogens with two attached hydrogens (primary N) is 1. The second kappa shape index (κ2) is 3.52. The number of benzene rings is 1. The van der Waals surface area contributed by atoms with Gasteiger partial charge in [-0.05, 0) is 23.8 Å². The SMILES string of the molecule is Cn1c(C(F)(F)F)cc2cc(CN)ccc21. The van der Waals surface area contributed by atoms with E-state index in [-0.39, 0.29) is 0 Å². The zero-order valence-electron chi connectivity index (χ0n) is 8.67. The van der Waals surface area contributed by atoms with Gasteiger partial charge in [0.15, 0.2) is 0 Å². The quantitative estimate of drug-likeness (QED) is 0.799.